The molecule has 4 nitrogen and oxygen atoms in total. The summed E-state index contributed by atoms with van der Waals surface area (Å²) in [7, 11) is 1.39. The highest BCUT2D eigenvalue weighted by atomic mass is 16.5. The SMILES string of the molecule is COC(=O)C[C@H]1CC[C@@H](CO)N1. The van der Waals surface area contributed by atoms with E-state index in [1.807, 2.05) is 0 Å². The van der Waals surface area contributed by atoms with Crippen molar-refractivity contribution in [1.82, 2.24) is 5.32 Å². The summed E-state index contributed by atoms with van der Waals surface area (Å²) in [5.41, 5.74) is 0. The van der Waals surface area contributed by atoms with Crippen molar-refractivity contribution in [2.45, 2.75) is 31.3 Å². The fourth-order valence-corrected chi connectivity index (χ4v) is 1.49. The molecule has 2 atom stereocenters. The molecule has 0 spiro atoms. The van der Waals surface area contributed by atoms with Crippen LogP contribution in [0.25, 0.3) is 0 Å². The fourth-order valence-electron chi connectivity index (χ4n) is 1.49. The van der Waals surface area contributed by atoms with Crippen molar-refractivity contribution in [2.24, 2.45) is 0 Å². The highest BCUT2D eigenvalue weighted by Gasteiger charge is 2.24. The zero-order valence-electron chi connectivity index (χ0n) is 7.25. The molecule has 1 aliphatic rings. The molecule has 1 saturated heterocycles. The number of methoxy groups -OCH3 is 1. The van der Waals surface area contributed by atoms with Crippen LogP contribution in [0.5, 0.6) is 0 Å². The largest absolute Gasteiger partial charge is 0.469 e. The summed E-state index contributed by atoms with van der Waals surface area (Å²) >= 11 is 0. The molecule has 0 aromatic rings. The van der Waals surface area contributed by atoms with Gasteiger partial charge in [0.1, 0.15) is 0 Å². The van der Waals surface area contributed by atoms with Crippen LogP contribution < -0.4 is 5.32 Å². The van der Waals surface area contributed by atoms with Crippen molar-refractivity contribution < 1.29 is 14.6 Å². The van der Waals surface area contributed by atoms with Crippen LogP contribution in [-0.4, -0.2) is 36.9 Å². The quantitative estimate of drug-likeness (QED) is 0.573. The number of esters is 1. The second kappa shape index (κ2) is 4.42. The third-order valence-electron chi connectivity index (χ3n) is 2.20. The maximum absolute atomic E-state index is 10.8. The Balaban J connectivity index is 2.23. The second-order valence-electron chi connectivity index (χ2n) is 3.10. The van der Waals surface area contributed by atoms with E-state index in [-0.39, 0.29) is 24.7 Å². The van der Waals surface area contributed by atoms with Crippen LogP contribution in [0.2, 0.25) is 0 Å². The Hall–Kier alpha value is -0.610. The number of hydrogen-bond donors (Lipinski definition) is 2. The molecular weight excluding hydrogens is 158 g/mol. The Kier molecular flexibility index (Phi) is 3.49. The predicted molar refractivity (Wildman–Crippen MR) is 43.7 cm³/mol. The lowest BCUT2D eigenvalue weighted by molar-refractivity contribution is -0.141. The van der Waals surface area contributed by atoms with Gasteiger partial charge in [-0.3, -0.25) is 4.79 Å². The molecule has 1 heterocycles. The Labute approximate surface area is 71.9 Å². The number of rotatable bonds is 3. The average Bonchev–Trinajstić information content (AvgIpc) is 2.52. The van der Waals surface area contributed by atoms with E-state index in [0.717, 1.165) is 12.8 Å². The van der Waals surface area contributed by atoms with Crippen LogP contribution in [0.1, 0.15) is 19.3 Å². The molecule has 0 aromatic carbocycles. The Morgan fingerprint density at radius 3 is 2.75 bits per heavy atom. The van der Waals surface area contributed by atoms with Gasteiger partial charge in [-0.2, -0.15) is 0 Å². The molecule has 0 saturated carbocycles. The smallest absolute Gasteiger partial charge is 0.307 e. The molecule has 70 valence electrons. The maximum atomic E-state index is 10.8. The predicted octanol–water partition coefficient (Wildman–Crippen LogP) is -0.338. The fraction of sp³-hybridized carbons (Fsp3) is 0.875. The number of nitrogens with one attached hydrogen (secondary N) is 1. The summed E-state index contributed by atoms with van der Waals surface area (Å²) < 4.78 is 4.54. The van der Waals surface area contributed by atoms with Crippen LogP contribution in [0, 0.1) is 0 Å². The number of carbonyl (C=O) groups is 1. The zero-order valence-corrected chi connectivity index (χ0v) is 7.25. The molecule has 0 radical (unpaired) electrons. The van der Waals surface area contributed by atoms with Crippen molar-refractivity contribution in [3.63, 3.8) is 0 Å². The normalized spacial score (nSPS) is 28.8. The summed E-state index contributed by atoms with van der Waals surface area (Å²) in [6.07, 6.45) is 2.30. The van der Waals surface area contributed by atoms with Crippen LogP contribution in [0.3, 0.4) is 0 Å². The standard InChI is InChI=1S/C8H15NO3/c1-12-8(11)4-6-2-3-7(5-10)9-6/h6-7,9-10H,2-5H2,1H3/t6-,7+/m1/s1. The van der Waals surface area contributed by atoms with Gasteiger partial charge in [-0.15, -0.1) is 0 Å². The van der Waals surface area contributed by atoms with E-state index in [4.69, 9.17) is 5.11 Å². The Bertz CT molecular complexity index is 160. The van der Waals surface area contributed by atoms with Crippen molar-refractivity contribution in [2.75, 3.05) is 13.7 Å². The molecule has 12 heavy (non-hydrogen) atoms. The number of aliphatic hydroxyl groups is 1. The lowest BCUT2D eigenvalue weighted by Gasteiger charge is -2.10. The van der Waals surface area contributed by atoms with Gasteiger partial charge < -0.3 is 15.2 Å². The second-order valence-corrected chi connectivity index (χ2v) is 3.10. The Morgan fingerprint density at radius 1 is 1.58 bits per heavy atom. The van der Waals surface area contributed by atoms with Gasteiger partial charge in [-0.25, -0.2) is 0 Å². The molecule has 0 aromatic heterocycles. The minimum atomic E-state index is -0.189. The van der Waals surface area contributed by atoms with Crippen LogP contribution >= 0.6 is 0 Å². The summed E-state index contributed by atoms with van der Waals surface area (Å²) in [5.74, 6) is -0.189. The van der Waals surface area contributed by atoms with Gasteiger partial charge in [0.25, 0.3) is 0 Å². The monoisotopic (exact) mass is 173 g/mol. The summed E-state index contributed by atoms with van der Waals surface area (Å²) in [4.78, 5) is 10.8. The molecular formula is C8H15NO3. The van der Waals surface area contributed by atoms with Gasteiger partial charge in [-0.1, -0.05) is 0 Å². The van der Waals surface area contributed by atoms with E-state index in [9.17, 15) is 4.79 Å². The average molecular weight is 173 g/mol. The molecule has 4 heteroatoms. The highest BCUT2D eigenvalue weighted by molar-refractivity contribution is 5.69. The minimum absolute atomic E-state index is 0.150. The van der Waals surface area contributed by atoms with Gasteiger partial charge in [-0.05, 0) is 12.8 Å². The van der Waals surface area contributed by atoms with Gasteiger partial charge >= 0.3 is 5.97 Å². The number of hydrogen-bond acceptors (Lipinski definition) is 4. The first kappa shape index (κ1) is 9.48. The number of carbonyl (C=O) groups excluding carboxylic acids is 1. The first-order valence-electron chi connectivity index (χ1n) is 4.20. The lowest BCUT2D eigenvalue weighted by atomic mass is 10.1. The molecule has 1 rings (SSSR count). The topological polar surface area (TPSA) is 58.6 Å². The van der Waals surface area contributed by atoms with E-state index in [1.165, 1.54) is 7.11 Å². The van der Waals surface area contributed by atoms with Crippen molar-refractivity contribution in [3.8, 4) is 0 Å². The van der Waals surface area contributed by atoms with Crippen LogP contribution in [-0.2, 0) is 9.53 Å². The van der Waals surface area contributed by atoms with Crippen molar-refractivity contribution in [1.29, 1.82) is 0 Å². The molecule has 0 aliphatic carbocycles. The van der Waals surface area contributed by atoms with E-state index in [0.29, 0.717) is 6.42 Å². The molecule has 1 fully saturated rings. The van der Waals surface area contributed by atoms with Gasteiger partial charge in [0, 0.05) is 12.1 Å². The number of aliphatic hydroxyl groups excluding tert-OH is 1. The third-order valence-corrected chi connectivity index (χ3v) is 2.20. The molecule has 0 unspecified atom stereocenters. The first-order chi connectivity index (χ1) is 5.76. The van der Waals surface area contributed by atoms with Crippen LogP contribution in [0.15, 0.2) is 0 Å². The van der Waals surface area contributed by atoms with E-state index in [2.05, 4.69) is 10.1 Å². The maximum Gasteiger partial charge on any atom is 0.307 e. The van der Waals surface area contributed by atoms with E-state index in [1.54, 1.807) is 0 Å². The van der Waals surface area contributed by atoms with Gasteiger partial charge in [0.05, 0.1) is 20.1 Å². The molecule has 1 aliphatic heterocycles. The molecule has 0 amide bonds. The summed E-state index contributed by atoms with van der Waals surface area (Å²) in [6, 6.07) is 0.356. The lowest BCUT2D eigenvalue weighted by Crippen LogP contribution is -2.33. The van der Waals surface area contributed by atoms with Gasteiger partial charge in [0.15, 0.2) is 0 Å². The van der Waals surface area contributed by atoms with E-state index < -0.39 is 0 Å². The Morgan fingerprint density at radius 2 is 2.25 bits per heavy atom. The number of ether oxygens (including phenoxy) is 1. The van der Waals surface area contributed by atoms with Crippen molar-refractivity contribution >= 4 is 5.97 Å². The molecule has 0 bridgehead atoms. The zero-order chi connectivity index (χ0) is 8.97. The first-order valence-corrected chi connectivity index (χ1v) is 4.20. The summed E-state index contributed by atoms with van der Waals surface area (Å²) in [5, 5.41) is 12.0. The van der Waals surface area contributed by atoms with Gasteiger partial charge in [0.2, 0.25) is 0 Å². The van der Waals surface area contributed by atoms with E-state index >= 15 is 0 Å². The highest BCUT2D eigenvalue weighted by Crippen LogP contribution is 2.14. The minimum Gasteiger partial charge on any atom is -0.469 e. The summed E-state index contributed by atoms with van der Waals surface area (Å²) in [6.45, 7) is 0.150. The van der Waals surface area contributed by atoms with Crippen molar-refractivity contribution in [3.05, 3.63) is 0 Å². The third kappa shape index (κ3) is 2.46. The molecule has 2 N–H and O–H groups in total. The van der Waals surface area contributed by atoms with Crippen LogP contribution in [0.4, 0.5) is 0 Å².